The minimum atomic E-state index is 1.07. The molecule has 1 heterocycles. The molecule has 0 aliphatic carbocycles. The maximum atomic E-state index is 4.65. The molecule has 1 aromatic carbocycles. The van der Waals surface area contributed by atoms with E-state index in [1.165, 1.54) is 33.4 Å². The Morgan fingerprint density at radius 1 is 0.905 bits per heavy atom. The Kier molecular flexibility index (Phi) is 4.74. The number of aromatic nitrogens is 1. The Hall–Kier alpha value is -2.15. The van der Waals surface area contributed by atoms with Gasteiger partial charge in [-0.2, -0.15) is 0 Å². The summed E-state index contributed by atoms with van der Waals surface area (Å²) in [7, 11) is 0. The molecule has 1 nitrogen and oxygen atoms in total. The van der Waals surface area contributed by atoms with Crippen LogP contribution in [0.4, 0.5) is 0 Å². The molecule has 1 heteroatoms. The predicted octanol–water partition coefficient (Wildman–Crippen LogP) is 5.90. The maximum absolute atomic E-state index is 4.65. The first-order chi connectivity index (χ1) is 10.1. The van der Waals surface area contributed by atoms with Crippen LogP contribution in [0, 0.1) is 6.92 Å². The number of pyridine rings is 1. The first kappa shape index (κ1) is 15.2. The molecule has 0 atom stereocenters. The number of allylic oxidation sites excluding steroid dienone is 4. The van der Waals surface area contributed by atoms with E-state index in [9.17, 15) is 0 Å². The van der Waals surface area contributed by atoms with Gasteiger partial charge in [0.2, 0.25) is 0 Å². The molecule has 2 rings (SSSR count). The monoisotopic (exact) mass is 277 g/mol. The van der Waals surface area contributed by atoms with Crippen LogP contribution in [0.15, 0.2) is 48.7 Å². The molecule has 0 bridgehead atoms. The Balaban J connectivity index is 2.86. The lowest BCUT2D eigenvalue weighted by Gasteiger charge is -2.17. The van der Waals surface area contributed by atoms with Crippen molar-refractivity contribution >= 4 is 11.1 Å². The van der Waals surface area contributed by atoms with Crippen molar-refractivity contribution in [1.29, 1.82) is 0 Å². The number of rotatable bonds is 3. The van der Waals surface area contributed by atoms with Crippen LogP contribution >= 0.6 is 0 Å². The summed E-state index contributed by atoms with van der Waals surface area (Å²) in [4.78, 5) is 4.65. The van der Waals surface area contributed by atoms with Gasteiger partial charge in [0, 0.05) is 11.8 Å². The van der Waals surface area contributed by atoms with E-state index in [1.54, 1.807) is 0 Å². The van der Waals surface area contributed by atoms with E-state index in [4.69, 9.17) is 0 Å². The summed E-state index contributed by atoms with van der Waals surface area (Å²) in [6.07, 6.45) is 6.19. The molecule has 0 unspecified atom stereocenters. The maximum Gasteiger partial charge on any atom is 0.0743 e. The zero-order chi connectivity index (χ0) is 15.4. The number of nitrogens with zero attached hydrogens (tertiary/aromatic N) is 1. The molecule has 108 valence electrons. The van der Waals surface area contributed by atoms with Gasteiger partial charge in [-0.1, -0.05) is 36.4 Å². The zero-order valence-electron chi connectivity index (χ0n) is 13.6. The van der Waals surface area contributed by atoms with E-state index >= 15 is 0 Å². The highest BCUT2D eigenvalue weighted by atomic mass is 14.7. The third-order valence-electron chi connectivity index (χ3n) is 4.03. The zero-order valence-corrected chi connectivity index (χ0v) is 13.6. The summed E-state index contributed by atoms with van der Waals surface area (Å²) < 4.78 is 0. The second kappa shape index (κ2) is 6.53. The van der Waals surface area contributed by atoms with E-state index in [2.05, 4.69) is 76.0 Å². The van der Waals surface area contributed by atoms with Gasteiger partial charge in [0.25, 0.3) is 0 Å². The largest absolute Gasteiger partial charge is 0.256 e. The Labute approximate surface area is 128 Å². The average molecular weight is 277 g/mol. The molecule has 21 heavy (non-hydrogen) atoms. The molecule has 0 saturated carbocycles. The minimum Gasteiger partial charge on any atom is -0.256 e. The van der Waals surface area contributed by atoms with Crippen molar-refractivity contribution in [3.8, 4) is 11.3 Å². The molecule has 0 fully saturated rings. The van der Waals surface area contributed by atoms with Gasteiger partial charge in [0.1, 0.15) is 0 Å². The summed E-state index contributed by atoms with van der Waals surface area (Å²) in [5.41, 5.74) is 8.60. The highest BCUT2D eigenvalue weighted by Gasteiger charge is 2.15. The molecule has 0 N–H and O–H groups in total. The quantitative estimate of drug-likeness (QED) is 0.680. The van der Waals surface area contributed by atoms with Crippen LogP contribution in [0.5, 0.6) is 0 Å². The smallest absolute Gasteiger partial charge is 0.0743 e. The predicted molar refractivity (Wildman–Crippen MR) is 93.1 cm³/mol. The van der Waals surface area contributed by atoms with Gasteiger partial charge in [-0.05, 0) is 68.5 Å². The lowest BCUT2D eigenvalue weighted by atomic mass is 9.89. The molecule has 2 aromatic rings. The van der Waals surface area contributed by atoms with Crippen LogP contribution in [0.2, 0.25) is 0 Å². The van der Waals surface area contributed by atoms with Gasteiger partial charge in [-0.3, -0.25) is 4.98 Å². The van der Waals surface area contributed by atoms with Crippen LogP contribution in [-0.4, -0.2) is 4.98 Å². The Bertz CT molecular complexity index is 669. The van der Waals surface area contributed by atoms with Crippen LogP contribution in [-0.2, 0) is 0 Å². The lowest BCUT2D eigenvalue weighted by molar-refractivity contribution is 1.26. The van der Waals surface area contributed by atoms with E-state index in [1.807, 2.05) is 12.3 Å². The molecular formula is C20H23N. The van der Waals surface area contributed by atoms with E-state index in [0.29, 0.717) is 0 Å². The molecular weight excluding hydrogens is 254 g/mol. The average Bonchev–Trinajstić information content (AvgIpc) is 2.53. The van der Waals surface area contributed by atoms with Crippen molar-refractivity contribution in [2.75, 3.05) is 0 Å². The Morgan fingerprint density at radius 3 is 1.95 bits per heavy atom. The summed E-state index contributed by atoms with van der Waals surface area (Å²) in [5, 5.41) is 0. The first-order valence-corrected chi connectivity index (χ1v) is 7.41. The second-order valence-corrected chi connectivity index (χ2v) is 5.34. The van der Waals surface area contributed by atoms with Crippen LogP contribution in [0.25, 0.3) is 22.4 Å². The van der Waals surface area contributed by atoms with Gasteiger partial charge >= 0.3 is 0 Å². The van der Waals surface area contributed by atoms with Crippen molar-refractivity contribution in [2.24, 2.45) is 0 Å². The van der Waals surface area contributed by atoms with Gasteiger partial charge in [0.15, 0.2) is 0 Å². The fourth-order valence-corrected chi connectivity index (χ4v) is 2.52. The number of hydrogen-bond acceptors (Lipinski definition) is 1. The third-order valence-corrected chi connectivity index (χ3v) is 4.03. The third kappa shape index (κ3) is 2.97. The van der Waals surface area contributed by atoms with Gasteiger partial charge < -0.3 is 0 Å². The highest BCUT2D eigenvalue weighted by Crippen LogP contribution is 2.35. The van der Waals surface area contributed by atoms with E-state index in [0.717, 1.165) is 5.69 Å². The number of hydrogen-bond donors (Lipinski definition) is 0. The molecule has 0 amide bonds. The summed E-state index contributed by atoms with van der Waals surface area (Å²) in [5.74, 6) is 0. The molecule has 0 spiro atoms. The van der Waals surface area contributed by atoms with Gasteiger partial charge in [0.05, 0.1) is 5.69 Å². The minimum absolute atomic E-state index is 1.07. The van der Waals surface area contributed by atoms with Crippen molar-refractivity contribution in [1.82, 2.24) is 4.98 Å². The van der Waals surface area contributed by atoms with Gasteiger partial charge in [-0.25, -0.2) is 0 Å². The summed E-state index contributed by atoms with van der Waals surface area (Å²) >= 11 is 0. The summed E-state index contributed by atoms with van der Waals surface area (Å²) in [6.45, 7) is 10.6. The fourth-order valence-electron chi connectivity index (χ4n) is 2.52. The molecule has 1 aromatic heterocycles. The van der Waals surface area contributed by atoms with Crippen molar-refractivity contribution in [3.63, 3.8) is 0 Å². The van der Waals surface area contributed by atoms with E-state index in [-0.39, 0.29) is 0 Å². The Morgan fingerprint density at radius 2 is 1.48 bits per heavy atom. The van der Waals surface area contributed by atoms with Crippen LogP contribution < -0.4 is 0 Å². The lowest BCUT2D eigenvalue weighted by Crippen LogP contribution is -1.97. The first-order valence-electron chi connectivity index (χ1n) is 7.41. The van der Waals surface area contributed by atoms with Crippen LogP contribution in [0.3, 0.4) is 0 Å². The fraction of sp³-hybridized carbons (Fsp3) is 0.250. The van der Waals surface area contributed by atoms with Crippen molar-refractivity contribution in [3.05, 3.63) is 65.4 Å². The number of benzene rings is 1. The van der Waals surface area contributed by atoms with Crippen LogP contribution in [0.1, 0.15) is 44.4 Å². The van der Waals surface area contributed by atoms with Crippen molar-refractivity contribution < 1.29 is 0 Å². The van der Waals surface area contributed by atoms with Crippen molar-refractivity contribution in [2.45, 2.75) is 34.6 Å². The standard InChI is InChI=1S/C20H23N/c1-6-14(3)17-11-8-12-18(15(4)7-2)19(17)20-16(5)10-9-13-21-20/h6-13H,1-5H3/b14-6+,15-7+. The highest BCUT2D eigenvalue weighted by molar-refractivity contribution is 5.89. The SMILES string of the molecule is C/C=C(\C)c1cccc(/C(C)=C/C)c1-c1ncccc1C. The topological polar surface area (TPSA) is 12.9 Å². The molecule has 0 radical (unpaired) electrons. The van der Waals surface area contributed by atoms with E-state index < -0.39 is 0 Å². The number of aryl methyl sites for hydroxylation is 1. The summed E-state index contributed by atoms with van der Waals surface area (Å²) in [6, 6.07) is 10.6. The molecule has 0 aliphatic rings. The second-order valence-electron chi connectivity index (χ2n) is 5.34. The molecule has 0 saturated heterocycles. The molecule has 0 aliphatic heterocycles. The van der Waals surface area contributed by atoms with Gasteiger partial charge in [-0.15, -0.1) is 0 Å². The normalized spacial score (nSPS) is 12.6.